The molecule has 2 N–H and O–H groups in total. The normalized spacial score (nSPS) is 11.9. The van der Waals surface area contributed by atoms with Gasteiger partial charge in [0.05, 0.1) is 12.5 Å². The van der Waals surface area contributed by atoms with E-state index < -0.39 is 36.2 Å². The fourth-order valence-electron chi connectivity index (χ4n) is 2.18. The van der Waals surface area contributed by atoms with Crippen molar-refractivity contribution in [1.82, 2.24) is 10.6 Å². The van der Waals surface area contributed by atoms with Crippen molar-refractivity contribution in [2.24, 2.45) is 0 Å². The Morgan fingerprint density at radius 1 is 1.07 bits per heavy atom. The van der Waals surface area contributed by atoms with Crippen molar-refractivity contribution >= 4 is 23.8 Å². The van der Waals surface area contributed by atoms with E-state index >= 15 is 0 Å². The van der Waals surface area contributed by atoms with E-state index in [0.29, 0.717) is 6.42 Å². The predicted molar refractivity (Wildman–Crippen MR) is 103 cm³/mol. The number of alkyl carbamates (subject to hydrolysis) is 1. The number of ketones is 1. The van der Waals surface area contributed by atoms with Gasteiger partial charge in [0, 0.05) is 6.54 Å². The molecule has 1 aromatic carbocycles. The van der Waals surface area contributed by atoms with Crippen molar-refractivity contribution in [2.75, 3.05) is 13.2 Å². The minimum absolute atomic E-state index is 0.0272. The third kappa shape index (κ3) is 10.3. The van der Waals surface area contributed by atoms with Crippen LogP contribution >= 0.6 is 0 Å². The van der Waals surface area contributed by atoms with Crippen LogP contribution in [0.15, 0.2) is 30.3 Å². The molecule has 0 saturated carbocycles. The van der Waals surface area contributed by atoms with Gasteiger partial charge in [-0.15, -0.1) is 0 Å². The zero-order valence-corrected chi connectivity index (χ0v) is 16.7. The molecule has 1 atom stereocenters. The Hall–Kier alpha value is -2.90. The van der Waals surface area contributed by atoms with Gasteiger partial charge in [-0.25, -0.2) is 4.79 Å². The Bertz CT molecular complexity index is 682. The van der Waals surface area contributed by atoms with Crippen LogP contribution in [0, 0.1) is 0 Å². The SMILES string of the molecule is CC(=O)[C@@H](Cc1ccccc1)NC(=O)COC(=O)CCNC(=O)OC(C)(C)C. The van der Waals surface area contributed by atoms with Gasteiger partial charge in [-0.05, 0) is 39.7 Å². The van der Waals surface area contributed by atoms with Crippen LogP contribution in [0.25, 0.3) is 0 Å². The lowest BCUT2D eigenvalue weighted by Crippen LogP contribution is -2.43. The fraction of sp³-hybridized carbons (Fsp3) is 0.500. The summed E-state index contributed by atoms with van der Waals surface area (Å²) in [4.78, 5) is 46.8. The third-order valence-corrected chi connectivity index (χ3v) is 3.47. The van der Waals surface area contributed by atoms with Crippen LogP contribution in [0.4, 0.5) is 4.79 Å². The number of rotatable bonds is 9. The Morgan fingerprint density at radius 2 is 1.71 bits per heavy atom. The van der Waals surface area contributed by atoms with E-state index in [1.807, 2.05) is 30.3 Å². The molecule has 2 amide bonds. The molecule has 0 aliphatic rings. The Kier molecular flexibility index (Phi) is 9.14. The van der Waals surface area contributed by atoms with E-state index in [9.17, 15) is 19.2 Å². The summed E-state index contributed by atoms with van der Waals surface area (Å²) in [6.45, 7) is 6.11. The summed E-state index contributed by atoms with van der Waals surface area (Å²) >= 11 is 0. The van der Waals surface area contributed by atoms with E-state index in [2.05, 4.69) is 10.6 Å². The summed E-state index contributed by atoms with van der Waals surface area (Å²) in [6.07, 6.45) is -0.384. The maximum atomic E-state index is 12.0. The van der Waals surface area contributed by atoms with Crippen LogP contribution in [-0.4, -0.2) is 48.5 Å². The highest BCUT2D eigenvalue weighted by Gasteiger charge is 2.19. The molecule has 154 valence electrons. The van der Waals surface area contributed by atoms with Crippen molar-refractivity contribution in [1.29, 1.82) is 0 Å². The summed E-state index contributed by atoms with van der Waals surface area (Å²) < 4.78 is 9.90. The highest BCUT2D eigenvalue weighted by atomic mass is 16.6. The van der Waals surface area contributed by atoms with Gasteiger partial charge in [0.1, 0.15) is 5.60 Å². The minimum Gasteiger partial charge on any atom is -0.456 e. The van der Waals surface area contributed by atoms with E-state index in [4.69, 9.17) is 9.47 Å². The molecule has 0 fully saturated rings. The first-order valence-corrected chi connectivity index (χ1v) is 9.03. The number of nitrogens with one attached hydrogen (secondary N) is 2. The first-order chi connectivity index (χ1) is 13.1. The molecule has 0 aliphatic heterocycles. The molecule has 8 nitrogen and oxygen atoms in total. The van der Waals surface area contributed by atoms with E-state index in [1.54, 1.807) is 20.8 Å². The Balaban J connectivity index is 2.32. The second kappa shape index (κ2) is 11.1. The summed E-state index contributed by atoms with van der Waals surface area (Å²) in [5.41, 5.74) is 0.281. The zero-order chi connectivity index (χ0) is 21.2. The number of esters is 1. The number of Topliss-reactive ketones (excluding diaryl/α,β-unsaturated/α-hetero) is 1. The number of amides is 2. The minimum atomic E-state index is -0.692. The van der Waals surface area contributed by atoms with Crippen molar-refractivity contribution in [3.05, 3.63) is 35.9 Å². The molecule has 1 aromatic rings. The number of ether oxygens (including phenoxy) is 2. The largest absolute Gasteiger partial charge is 0.456 e. The smallest absolute Gasteiger partial charge is 0.407 e. The first-order valence-electron chi connectivity index (χ1n) is 9.03. The van der Waals surface area contributed by atoms with Gasteiger partial charge < -0.3 is 20.1 Å². The third-order valence-electron chi connectivity index (χ3n) is 3.47. The molecule has 0 aromatic heterocycles. The summed E-state index contributed by atoms with van der Waals surface area (Å²) in [5, 5.41) is 4.99. The van der Waals surface area contributed by atoms with Crippen LogP contribution in [0.3, 0.4) is 0 Å². The van der Waals surface area contributed by atoms with Gasteiger partial charge in [-0.3, -0.25) is 14.4 Å². The number of hydrogen-bond donors (Lipinski definition) is 2. The number of benzene rings is 1. The Morgan fingerprint density at radius 3 is 2.29 bits per heavy atom. The maximum absolute atomic E-state index is 12.0. The highest BCUT2D eigenvalue weighted by Crippen LogP contribution is 2.06. The van der Waals surface area contributed by atoms with Gasteiger partial charge in [0.15, 0.2) is 12.4 Å². The molecule has 0 spiro atoms. The molecule has 0 radical (unpaired) electrons. The summed E-state index contributed by atoms with van der Waals surface area (Å²) in [6, 6.07) is 8.59. The van der Waals surface area contributed by atoms with E-state index in [0.717, 1.165) is 5.56 Å². The predicted octanol–water partition coefficient (Wildman–Crippen LogP) is 1.76. The number of carbonyl (C=O) groups excluding carboxylic acids is 4. The molecular weight excluding hydrogens is 364 g/mol. The molecule has 0 heterocycles. The Labute approximate surface area is 165 Å². The van der Waals surface area contributed by atoms with Crippen molar-refractivity contribution in [3.63, 3.8) is 0 Å². The molecule has 1 rings (SSSR count). The highest BCUT2D eigenvalue weighted by molar-refractivity contribution is 5.88. The van der Waals surface area contributed by atoms with Crippen molar-refractivity contribution in [3.8, 4) is 0 Å². The molecule has 0 saturated heterocycles. The molecular formula is C20H28N2O6. The summed E-state index contributed by atoms with van der Waals surface area (Å²) in [5.74, 6) is -1.40. The quantitative estimate of drug-likeness (QED) is 0.620. The monoisotopic (exact) mass is 392 g/mol. The maximum Gasteiger partial charge on any atom is 0.407 e. The topological polar surface area (TPSA) is 111 Å². The molecule has 0 unspecified atom stereocenters. The summed E-state index contributed by atoms with van der Waals surface area (Å²) in [7, 11) is 0. The van der Waals surface area contributed by atoms with Crippen LogP contribution < -0.4 is 10.6 Å². The van der Waals surface area contributed by atoms with E-state index in [-0.39, 0.29) is 18.7 Å². The van der Waals surface area contributed by atoms with Gasteiger partial charge >= 0.3 is 12.1 Å². The van der Waals surface area contributed by atoms with Gasteiger partial charge in [0.25, 0.3) is 5.91 Å². The van der Waals surface area contributed by atoms with Crippen LogP contribution in [0.1, 0.15) is 39.7 Å². The lowest BCUT2D eigenvalue weighted by Gasteiger charge is -2.19. The zero-order valence-electron chi connectivity index (χ0n) is 16.7. The van der Waals surface area contributed by atoms with Gasteiger partial charge in [-0.2, -0.15) is 0 Å². The van der Waals surface area contributed by atoms with Gasteiger partial charge in [0.2, 0.25) is 0 Å². The lowest BCUT2D eigenvalue weighted by molar-refractivity contribution is -0.148. The fourth-order valence-corrected chi connectivity index (χ4v) is 2.18. The lowest BCUT2D eigenvalue weighted by atomic mass is 10.0. The van der Waals surface area contributed by atoms with Crippen molar-refractivity contribution in [2.45, 2.75) is 52.2 Å². The molecule has 0 aliphatic carbocycles. The second-order valence-corrected chi connectivity index (χ2v) is 7.26. The van der Waals surface area contributed by atoms with Gasteiger partial charge in [-0.1, -0.05) is 30.3 Å². The molecule has 28 heavy (non-hydrogen) atoms. The molecule has 0 bridgehead atoms. The van der Waals surface area contributed by atoms with Crippen LogP contribution in [0.2, 0.25) is 0 Å². The van der Waals surface area contributed by atoms with Crippen LogP contribution in [0.5, 0.6) is 0 Å². The average molecular weight is 392 g/mol. The number of hydrogen-bond acceptors (Lipinski definition) is 6. The first kappa shape index (κ1) is 23.1. The molecule has 8 heteroatoms. The van der Waals surface area contributed by atoms with Crippen LogP contribution in [-0.2, 0) is 30.3 Å². The second-order valence-electron chi connectivity index (χ2n) is 7.26. The number of carbonyl (C=O) groups is 4. The van der Waals surface area contributed by atoms with Crippen molar-refractivity contribution < 1.29 is 28.7 Å². The standard InChI is InChI=1S/C20H28N2O6/c1-14(23)16(12-15-8-6-5-7-9-15)22-17(24)13-27-18(25)10-11-21-19(26)28-20(2,3)4/h5-9,16H,10-13H2,1-4H3,(H,21,26)(H,22,24)/t16-/m1/s1. The average Bonchev–Trinajstić information content (AvgIpc) is 2.58. The van der Waals surface area contributed by atoms with E-state index in [1.165, 1.54) is 6.92 Å².